The largest absolute Gasteiger partial charge is 0.324 e. The maximum Gasteiger partial charge on any atom is 0.237 e. The van der Waals surface area contributed by atoms with E-state index in [1.165, 1.54) is 11.8 Å². The summed E-state index contributed by atoms with van der Waals surface area (Å²) in [6, 6.07) is 13.1. The van der Waals surface area contributed by atoms with E-state index in [2.05, 4.69) is 48.7 Å². The summed E-state index contributed by atoms with van der Waals surface area (Å²) in [6.45, 7) is 1.97. The fraction of sp³-hybridized carbons (Fsp3) is 0.136. The molecule has 0 saturated carbocycles. The molecule has 9 heteroatoms. The first-order valence-corrected chi connectivity index (χ1v) is 12.7. The number of halogens is 3. The monoisotopic (exact) mass is 551 g/mol. The number of nitrogens with one attached hydrogen (secondary N) is 1. The molecule has 2 aromatic carbocycles. The van der Waals surface area contributed by atoms with Crippen LogP contribution in [-0.2, 0) is 4.79 Å². The number of aromatic nitrogens is 2. The van der Waals surface area contributed by atoms with Gasteiger partial charge in [-0.15, -0.1) is 11.3 Å². The predicted octanol–water partition coefficient (Wildman–Crippen LogP) is 7.94. The van der Waals surface area contributed by atoms with Crippen LogP contribution >= 0.6 is 62.2 Å². The molecular formula is C22H16BrCl2N3OS2. The fourth-order valence-electron chi connectivity index (χ4n) is 3.04. The number of hydrogen-bond donors (Lipinski definition) is 1. The highest BCUT2D eigenvalue weighted by Gasteiger charge is 2.23. The molecule has 0 spiro atoms. The van der Waals surface area contributed by atoms with Crippen LogP contribution in [0.4, 0.5) is 5.69 Å². The van der Waals surface area contributed by atoms with Gasteiger partial charge in [-0.25, -0.2) is 9.97 Å². The van der Waals surface area contributed by atoms with Crippen LogP contribution in [0.2, 0.25) is 10.0 Å². The molecule has 0 aliphatic heterocycles. The number of amides is 1. The van der Waals surface area contributed by atoms with Gasteiger partial charge in [-0.3, -0.25) is 4.79 Å². The van der Waals surface area contributed by atoms with E-state index in [-0.39, 0.29) is 11.2 Å². The van der Waals surface area contributed by atoms with E-state index in [9.17, 15) is 4.79 Å². The van der Waals surface area contributed by atoms with Gasteiger partial charge in [0.2, 0.25) is 5.91 Å². The van der Waals surface area contributed by atoms with Crippen molar-refractivity contribution >= 4 is 84.0 Å². The van der Waals surface area contributed by atoms with Gasteiger partial charge in [-0.2, -0.15) is 0 Å². The average molecular weight is 553 g/mol. The number of benzene rings is 2. The summed E-state index contributed by atoms with van der Waals surface area (Å²) in [5.74, 6) is -0.135. The van der Waals surface area contributed by atoms with E-state index < -0.39 is 0 Å². The fourth-order valence-corrected chi connectivity index (χ4v) is 5.78. The van der Waals surface area contributed by atoms with E-state index in [0.29, 0.717) is 22.2 Å². The van der Waals surface area contributed by atoms with Crippen LogP contribution in [0.3, 0.4) is 0 Å². The molecule has 1 atom stereocenters. The maximum atomic E-state index is 13.0. The number of hydrogen-bond acceptors (Lipinski definition) is 5. The molecule has 4 nitrogen and oxygen atoms in total. The lowest BCUT2D eigenvalue weighted by atomic mass is 10.1. The Morgan fingerprint density at radius 2 is 1.97 bits per heavy atom. The Kier molecular flexibility index (Phi) is 7.19. The Labute approximate surface area is 206 Å². The molecule has 0 saturated heterocycles. The van der Waals surface area contributed by atoms with Crippen LogP contribution in [0.15, 0.2) is 63.7 Å². The minimum atomic E-state index is -0.345. The second-order valence-corrected chi connectivity index (χ2v) is 10.5. The van der Waals surface area contributed by atoms with Crippen LogP contribution in [0.25, 0.3) is 21.3 Å². The van der Waals surface area contributed by atoms with Crippen LogP contribution in [0.1, 0.15) is 13.3 Å². The zero-order valence-corrected chi connectivity index (χ0v) is 21.0. The number of thiophene rings is 1. The zero-order valence-electron chi connectivity index (χ0n) is 16.2. The van der Waals surface area contributed by atoms with E-state index in [1.807, 2.05) is 19.1 Å². The minimum Gasteiger partial charge on any atom is -0.324 e. The third-order valence-electron chi connectivity index (χ3n) is 4.60. The minimum absolute atomic E-state index is 0.135. The second kappa shape index (κ2) is 9.88. The molecule has 0 aliphatic carbocycles. The van der Waals surface area contributed by atoms with Crippen molar-refractivity contribution in [3.63, 3.8) is 0 Å². The Morgan fingerprint density at radius 1 is 1.19 bits per heavy atom. The maximum absolute atomic E-state index is 13.0. The zero-order chi connectivity index (χ0) is 22.0. The molecule has 0 radical (unpaired) electrons. The van der Waals surface area contributed by atoms with Gasteiger partial charge in [0.1, 0.15) is 16.2 Å². The van der Waals surface area contributed by atoms with E-state index in [0.717, 1.165) is 30.8 Å². The molecule has 2 aromatic heterocycles. The highest BCUT2D eigenvalue weighted by atomic mass is 79.9. The van der Waals surface area contributed by atoms with Gasteiger partial charge >= 0.3 is 0 Å². The molecule has 31 heavy (non-hydrogen) atoms. The molecule has 4 aromatic rings. The van der Waals surface area contributed by atoms with Crippen LogP contribution in [-0.4, -0.2) is 21.1 Å². The molecule has 4 rings (SSSR count). The van der Waals surface area contributed by atoms with Gasteiger partial charge in [0.05, 0.1) is 21.3 Å². The summed E-state index contributed by atoms with van der Waals surface area (Å²) in [7, 11) is 0. The van der Waals surface area contributed by atoms with Crippen LogP contribution in [0, 0.1) is 0 Å². The number of fused-ring (bicyclic) bond motifs is 1. The number of carbonyl (C=O) groups excluding carboxylic acids is 1. The standard InChI is InChI=1S/C22H16BrCl2N3OS2/c1-2-18(20(29)28-17-8-7-14(24)9-16(17)25)31-22-19-15(10-30-21(19)26-11-27-22)12-3-5-13(23)6-4-12/h3-11,18H,2H2,1H3,(H,28,29). The van der Waals surface area contributed by atoms with Gasteiger partial charge in [-0.1, -0.05) is 70.0 Å². The molecule has 158 valence electrons. The second-order valence-electron chi connectivity index (χ2n) is 6.64. The first-order chi connectivity index (χ1) is 15.0. The van der Waals surface area contributed by atoms with Crippen molar-refractivity contribution < 1.29 is 4.79 Å². The van der Waals surface area contributed by atoms with Crippen molar-refractivity contribution in [1.82, 2.24) is 9.97 Å². The molecule has 1 N–H and O–H groups in total. The van der Waals surface area contributed by atoms with Gasteiger partial charge in [0, 0.05) is 20.4 Å². The summed E-state index contributed by atoms with van der Waals surface area (Å²) >= 11 is 18.7. The first-order valence-electron chi connectivity index (χ1n) is 9.37. The van der Waals surface area contributed by atoms with Crippen molar-refractivity contribution in [3.05, 3.63) is 68.7 Å². The normalized spacial score (nSPS) is 12.1. The van der Waals surface area contributed by atoms with Crippen molar-refractivity contribution in [2.45, 2.75) is 23.6 Å². The van der Waals surface area contributed by atoms with E-state index >= 15 is 0 Å². The lowest BCUT2D eigenvalue weighted by molar-refractivity contribution is -0.115. The summed E-state index contributed by atoms with van der Waals surface area (Å²) in [5, 5.41) is 7.32. The van der Waals surface area contributed by atoms with Gasteiger partial charge in [-0.05, 0) is 42.3 Å². The van der Waals surface area contributed by atoms with Crippen molar-refractivity contribution in [3.8, 4) is 11.1 Å². The van der Waals surface area contributed by atoms with E-state index in [1.54, 1.807) is 35.9 Å². The van der Waals surface area contributed by atoms with Gasteiger partial charge in [0.25, 0.3) is 0 Å². The summed E-state index contributed by atoms with van der Waals surface area (Å²) in [5.41, 5.74) is 2.68. The summed E-state index contributed by atoms with van der Waals surface area (Å²) < 4.78 is 1.02. The smallest absolute Gasteiger partial charge is 0.237 e. The van der Waals surface area contributed by atoms with Gasteiger partial charge in [0.15, 0.2) is 0 Å². The molecular weight excluding hydrogens is 537 g/mol. The van der Waals surface area contributed by atoms with Crippen molar-refractivity contribution in [1.29, 1.82) is 0 Å². The quantitative estimate of drug-likeness (QED) is 0.195. The Hall–Kier alpha value is -1.64. The van der Waals surface area contributed by atoms with Crippen LogP contribution in [0.5, 0.6) is 0 Å². The van der Waals surface area contributed by atoms with E-state index in [4.69, 9.17) is 23.2 Å². The molecule has 0 aliphatic rings. The summed E-state index contributed by atoms with van der Waals surface area (Å²) in [6.07, 6.45) is 2.18. The Morgan fingerprint density at radius 3 is 2.68 bits per heavy atom. The molecule has 0 bridgehead atoms. The van der Waals surface area contributed by atoms with Crippen molar-refractivity contribution in [2.24, 2.45) is 0 Å². The summed E-state index contributed by atoms with van der Waals surface area (Å²) in [4.78, 5) is 22.8. The Balaban J connectivity index is 1.64. The molecule has 1 unspecified atom stereocenters. The predicted molar refractivity (Wildman–Crippen MR) is 136 cm³/mol. The van der Waals surface area contributed by atoms with Crippen molar-refractivity contribution in [2.75, 3.05) is 5.32 Å². The third-order valence-corrected chi connectivity index (χ3v) is 7.92. The lowest BCUT2D eigenvalue weighted by Gasteiger charge is -2.16. The SMILES string of the molecule is CCC(Sc1ncnc2scc(-c3ccc(Br)cc3)c12)C(=O)Nc1ccc(Cl)cc1Cl. The first kappa shape index (κ1) is 22.6. The number of rotatable bonds is 6. The number of thioether (sulfide) groups is 1. The highest BCUT2D eigenvalue weighted by molar-refractivity contribution is 9.10. The lowest BCUT2D eigenvalue weighted by Crippen LogP contribution is -2.24. The number of nitrogens with zero attached hydrogens (tertiary/aromatic N) is 2. The Bertz CT molecular complexity index is 1250. The molecule has 1 amide bonds. The third kappa shape index (κ3) is 5.07. The molecule has 2 heterocycles. The molecule has 0 fully saturated rings. The highest BCUT2D eigenvalue weighted by Crippen LogP contribution is 2.40. The van der Waals surface area contributed by atoms with Gasteiger partial charge < -0.3 is 5.32 Å². The number of anilines is 1. The van der Waals surface area contributed by atoms with Crippen LogP contribution < -0.4 is 5.32 Å². The topological polar surface area (TPSA) is 54.9 Å². The number of carbonyl (C=O) groups is 1. The average Bonchev–Trinajstić information content (AvgIpc) is 3.19.